The van der Waals surface area contributed by atoms with Crippen molar-refractivity contribution in [2.24, 2.45) is 0 Å². The van der Waals surface area contributed by atoms with Crippen molar-refractivity contribution in [2.45, 2.75) is 20.9 Å². The van der Waals surface area contributed by atoms with Gasteiger partial charge in [0.1, 0.15) is 0 Å². The summed E-state index contributed by atoms with van der Waals surface area (Å²) < 4.78 is 72.3. The van der Waals surface area contributed by atoms with Gasteiger partial charge >= 0.3 is 6.18 Å². The Morgan fingerprint density at radius 1 is 0.571 bits per heavy atom. The Kier molecular flexibility index (Phi) is 7.48. The van der Waals surface area contributed by atoms with Crippen molar-refractivity contribution in [3.63, 3.8) is 0 Å². The Hall–Kier alpha value is -2.07. The number of hydrogen-bond acceptors (Lipinski definition) is 4. The summed E-state index contributed by atoms with van der Waals surface area (Å²) in [5.41, 5.74) is -0.620. The van der Waals surface area contributed by atoms with Gasteiger partial charge in [-0.1, -0.05) is 36.4 Å². The molecular weight excluding hydrogens is 417 g/mol. The highest BCUT2D eigenvalue weighted by Gasteiger charge is 2.33. The van der Waals surface area contributed by atoms with Gasteiger partial charge in [0.25, 0.3) is 0 Å². The van der Waals surface area contributed by atoms with Gasteiger partial charge in [0.05, 0.1) is 16.5 Å². The smallest absolute Gasteiger partial charge is 0.222 e. The number of rotatable bonds is 3. The highest BCUT2D eigenvalue weighted by Crippen LogP contribution is 2.34. The molecule has 4 nitrogen and oxygen atoms in total. The predicted octanol–water partition coefficient (Wildman–Crippen LogP) is 1.04. The summed E-state index contributed by atoms with van der Waals surface area (Å²) in [5.74, 6) is 0. The molecule has 0 radical (unpaired) electrons. The van der Waals surface area contributed by atoms with Crippen LogP contribution in [0.1, 0.15) is 5.56 Å². The Morgan fingerprint density at radius 3 is 1.21 bits per heavy atom. The van der Waals surface area contributed by atoms with Crippen LogP contribution in [0.15, 0.2) is 99.6 Å². The third-order valence-electron chi connectivity index (χ3n) is 3.38. The summed E-state index contributed by atoms with van der Waals surface area (Å²) in [7, 11) is -5.36. The fourth-order valence-electron chi connectivity index (χ4n) is 2.30. The fraction of sp³-hybridized carbons (Fsp3) is 0.0526. The molecule has 3 rings (SSSR count). The van der Waals surface area contributed by atoms with Gasteiger partial charge < -0.3 is 0 Å². The molecule has 3 aromatic carbocycles. The lowest BCUT2D eigenvalue weighted by Crippen LogP contribution is -2.68. The zero-order chi connectivity index (χ0) is 20.8. The lowest BCUT2D eigenvalue weighted by molar-refractivity contribution is -2.00. The van der Waals surface area contributed by atoms with Gasteiger partial charge in [0.15, 0.2) is 14.7 Å². The van der Waals surface area contributed by atoms with E-state index in [4.69, 9.17) is 18.6 Å². The van der Waals surface area contributed by atoms with Crippen LogP contribution in [0.5, 0.6) is 0 Å². The van der Waals surface area contributed by atoms with E-state index in [1.54, 1.807) is 12.1 Å². The van der Waals surface area contributed by atoms with Crippen molar-refractivity contribution in [1.29, 1.82) is 0 Å². The minimum atomic E-state index is -4.94. The number of halogens is 4. The molecule has 0 N–H and O–H groups in total. The summed E-state index contributed by atoms with van der Waals surface area (Å²) >= 11 is 0. The molecule has 0 atom stereocenters. The number of alkyl halides is 3. The molecule has 0 heterocycles. The molecule has 3 aromatic rings. The van der Waals surface area contributed by atoms with Crippen molar-refractivity contribution >= 4 is 10.9 Å². The average Bonchev–Trinajstić information content (AvgIpc) is 2.62. The highest BCUT2D eigenvalue weighted by molar-refractivity contribution is 7.97. The largest absolute Gasteiger partial charge is 0.416 e. The second kappa shape index (κ2) is 9.42. The molecule has 0 aliphatic heterocycles. The number of benzene rings is 3. The highest BCUT2D eigenvalue weighted by atomic mass is 35.7. The SMILES string of the molecule is FC(F)(F)c1ccc([S+](c2ccccc2)c2ccccc2)cc1.[O-][Cl+3]([O-])([O-])[O-]. The third-order valence-corrected chi connectivity index (χ3v) is 5.61. The molecule has 0 fully saturated rings. The first-order valence-electron chi connectivity index (χ1n) is 7.69. The summed E-state index contributed by atoms with van der Waals surface area (Å²) in [6, 6.07) is 25.1. The van der Waals surface area contributed by atoms with Crippen LogP contribution in [0.2, 0.25) is 0 Å². The van der Waals surface area contributed by atoms with E-state index in [9.17, 15) is 13.2 Å². The lowest BCUT2D eigenvalue weighted by atomic mass is 10.2. The van der Waals surface area contributed by atoms with Crippen LogP contribution in [0.3, 0.4) is 0 Å². The monoisotopic (exact) mass is 430 g/mol. The topological polar surface area (TPSA) is 92.2 Å². The Balaban J connectivity index is 0.000000500. The number of hydrogen-bond donors (Lipinski definition) is 0. The van der Waals surface area contributed by atoms with Crippen LogP contribution in [-0.4, -0.2) is 0 Å². The van der Waals surface area contributed by atoms with Crippen molar-refractivity contribution < 1.29 is 42.1 Å². The van der Waals surface area contributed by atoms with Crippen molar-refractivity contribution in [1.82, 2.24) is 0 Å². The van der Waals surface area contributed by atoms with Crippen LogP contribution >= 0.6 is 0 Å². The van der Waals surface area contributed by atoms with E-state index in [1.165, 1.54) is 0 Å². The van der Waals surface area contributed by atoms with Crippen LogP contribution < -0.4 is 18.6 Å². The molecule has 148 valence electrons. The standard InChI is InChI=1S/C19H14F3S.ClHO4/c20-19(21,22)15-11-13-18(14-12-15)23(16-7-3-1-4-8-16)17-9-5-2-6-10-17;2-1(3,4)5/h1-14H;(H,2,3,4,5)/q+1;/p-1. The normalized spacial score (nSPS) is 11.7. The maximum atomic E-state index is 12.8. The van der Waals surface area contributed by atoms with E-state index in [1.807, 2.05) is 60.7 Å². The molecule has 0 saturated carbocycles. The van der Waals surface area contributed by atoms with E-state index >= 15 is 0 Å². The van der Waals surface area contributed by atoms with Gasteiger partial charge in [0, 0.05) is 0 Å². The molecule has 0 bridgehead atoms. The molecule has 0 unspecified atom stereocenters. The van der Waals surface area contributed by atoms with Crippen LogP contribution in [0, 0.1) is 10.2 Å². The Bertz CT molecular complexity index is 809. The van der Waals surface area contributed by atoms with Crippen LogP contribution in [0.25, 0.3) is 0 Å². The zero-order valence-corrected chi connectivity index (χ0v) is 15.7. The van der Waals surface area contributed by atoms with Crippen molar-refractivity contribution in [3.8, 4) is 0 Å². The molecule has 0 spiro atoms. The average molecular weight is 431 g/mol. The van der Waals surface area contributed by atoms with E-state index < -0.39 is 32.9 Å². The molecule has 0 aliphatic carbocycles. The van der Waals surface area contributed by atoms with Gasteiger partial charge in [-0.05, 0) is 48.5 Å². The summed E-state index contributed by atoms with van der Waals surface area (Å²) in [4.78, 5) is 3.03. The predicted molar refractivity (Wildman–Crippen MR) is 86.5 cm³/mol. The van der Waals surface area contributed by atoms with Gasteiger partial charge in [0.2, 0.25) is 0 Å². The van der Waals surface area contributed by atoms with Gasteiger partial charge in [-0.3, -0.25) is 0 Å². The van der Waals surface area contributed by atoms with Crippen molar-refractivity contribution in [2.75, 3.05) is 0 Å². The second-order valence-corrected chi connectivity index (χ2v) is 8.11. The molecule has 0 aromatic heterocycles. The Labute approximate surface area is 164 Å². The summed E-state index contributed by atoms with van der Waals surface area (Å²) in [5, 5.41) is 0. The quantitative estimate of drug-likeness (QED) is 0.580. The van der Waals surface area contributed by atoms with Crippen LogP contribution in [-0.2, 0) is 17.1 Å². The summed E-state index contributed by atoms with van der Waals surface area (Å²) in [6.45, 7) is 0. The van der Waals surface area contributed by atoms with E-state index in [0.717, 1.165) is 26.8 Å². The maximum Gasteiger partial charge on any atom is 0.416 e. The lowest BCUT2D eigenvalue weighted by Gasteiger charge is -2.17. The molecule has 28 heavy (non-hydrogen) atoms. The van der Waals surface area contributed by atoms with Gasteiger partial charge in [-0.2, -0.15) is 13.2 Å². The first kappa shape index (κ1) is 22.2. The fourth-order valence-corrected chi connectivity index (χ4v) is 4.38. The zero-order valence-electron chi connectivity index (χ0n) is 14.1. The first-order valence-corrected chi connectivity index (χ1v) is 10.1. The minimum absolute atomic E-state index is 0.417. The third kappa shape index (κ3) is 7.16. The van der Waals surface area contributed by atoms with Crippen molar-refractivity contribution in [3.05, 3.63) is 90.5 Å². The minimum Gasteiger partial charge on any atom is -0.222 e. The van der Waals surface area contributed by atoms with E-state index in [0.29, 0.717) is 0 Å². The molecule has 9 heteroatoms. The molecule has 0 aliphatic rings. The Morgan fingerprint density at radius 2 is 0.893 bits per heavy atom. The summed E-state index contributed by atoms with van der Waals surface area (Å²) in [6.07, 6.45) is -4.31. The van der Waals surface area contributed by atoms with E-state index in [2.05, 4.69) is 0 Å². The maximum absolute atomic E-state index is 12.8. The van der Waals surface area contributed by atoms with Gasteiger partial charge in [-0.25, -0.2) is 18.6 Å². The second-order valence-electron chi connectivity index (χ2n) is 5.33. The molecule has 0 amide bonds. The van der Waals surface area contributed by atoms with E-state index in [-0.39, 0.29) is 0 Å². The molecular formula is C19H14ClF3O4S. The van der Waals surface area contributed by atoms with Crippen LogP contribution in [0.4, 0.5) is 13.2 Å². The van der Waals surface area contributed by atoms with Gasteiger partial charge in [-0.15, -0.1) is 10.2 Å². The first-order chi connectivity index (χ1) is 13.1. The molecule has 0 saturated heterocycles.